The smallest absolute Gasteiger partial charge is 0.328 e. The predicted molar refractivity (Wildman–Crippen MR) is 134 cm³/mol. The SMILES string of the molecule is C=CCC(NS(=O)(=O)c1ccccc1[N+](=O)[O-])C(=O)N[C@@H](Cc1ccc2ccccc2c1)C(=O)OC. The fourth-order valence-electron chi connectivity index (χ4n) is 3.67. The number of nitrogens with zero attached hydrogens (tertiary/aromatic N) is 1. The normalized spacial score (nSPS) is 12.9. The van der Waals surface area contributed by atoms with Crippen LogP contribution >= 0.6 is 0 Å². The molecular weight excluding hydrogens is 486 g/mol. The molecule has 3 aromatic carbocycles. The molecule has 1 amide bonds. The molecule has 1 unspecified atom stereocenters. The molecule has 3 rings (SSSR count). The third-order valence-corrected chi connectivity index (χ3v) is 6.94. The van der Waals surface area contributed by atoms with Crippen LogP contribution in [0.1, 0.15) is 12.0 Å². The van der Waals surface area contributed by atoms with Crippen molar-refractivity contribution in [3.8, 4) is 0 Å². The number of carbonyl (C=O) groups excluding carboxylic acids is 2. The van der Waals surface area contributed by atoms with E-state index in [1.807, 2.05) is 42.5 Å². The van der Waals surface area contributed by atoms with E-state index in [1.165, 1.54) is 25.3 Å². The maximum absolute atomic E-state index is 13.1. The van der Waals surface area contributed by atoms with Crippen LogP contribution in [0.15, 0.2) is 84.3 Å². The highest BCUT2D eigenvalue weighted by Crippen LogP contribution is 2.23. The van der Waals surface area contributed by atoms with Crippen LogP contribution in [0.25, 0.3) is 10.8 Å². The minimum absolute atomic E-state index is 0.0982. The zero-order chi connectivity index (χ0) is 26.3. The minimum atomic E-state index is -4.46. The van der Waals surface area contributed by atoms with E-state index >= 15 is 0 Å². The number of rotatable bonds is 11. The summed E-state index contributed by atoms with van der Waals surface area (Å²) in [5, 5.41) is 15.8. The third-order valence-electron chi connectivity index (χ3n) is 5.42. The number of nitro benzene ring substituents is 1. The first-order valence-corrected chi connectivity index (χ1v) is 12.4. The number of esters is 1. The van der Waals surface area contributed by atoms with Gasteiger partial charge < -0.3 is 10.1 Å². The highest BCUT2D eigenvalue weighted by atomic mass is 32.2. The number of fused-ring (bicyclic) bond motifs is 1. The number of methoxy groups -OCH3 is 1. The molecule has 0 aliphatic carbocycles. The summed E-state index contributed by atoms with van der Waals surface area (Å²) in [5.41, 5.74) is 0.122. The number of nitrogens with one attached hydrogen (secondary N) is 2. The summed E-state index contributed by atoms with van der Waals surface area (Å²) >= 11 is 0. The largest absolute Gasteiger partial charge is 0.467 e. The van der Waals surface area contributed by atoms with E-state index in [2.05, 4.69) is 16.6 Å². The minimum Gasteiger partial charge on any atom is -0.467 e. The number of benzene rings is 3. The Hall–Kier alpha value is -4.09. The van der Waals surface area contributed by atoms with Crippen molar-refractivity contribution >= 4 is 38.4 Å². The van der Waals surface area contributed by atoms with Gasteiger partial charge in [-0.15, -0.1) is 6.58 Å². The van der Waals surface area contributed by atoms with E-state index in [9.17, 15) is 28.1 Å². The molecule has 0 radical (unpaired) electrons. The number of amides is 1. The molecule has 0 fully saturated rings. The zero-order valence-electron chi connectivity index (χ0n) is 19.4. The quantitative estimate of drug-likeness (QED) is 0.174. The lowest BCUT2D eigenvalue weighted by Crippen LogP contribution is -2.52. The molecule has 2 atom stereocenters. The predicted octanol–water partition coefficient (Wildman–Crippen LogP) is 2.87. The average molecular weight is 512 g/mol. The van der Waals surface area contributed by atoms with E-state index in [0.29, 0.717) is 0 Å². The van der Waals surface area contributed by atoms with Gasteiger partial charge >= 0.3 is 5.97 Å². The van der Waals surface area contributed by atoms with Crippen molar-refractivity contribution in [2.75, 3.05) is 7.11 Å². The summed E-state index contributed by atoms with van der Waals surface area (Å²) in [7, 11) is -3.28. The van der Waals surface area contributed by atoms with Crippen molar-refractivity contribution < 1.29 is 27.7 Å². The summed E-state index contributed by atoms with van der Waals surface area (Å²) in [4.78, 5) is 35.4. The maximum Gasteiger partial charge on any atom is 0.328 e. The van der Waals surface area contributed by atoms with Crippen LogP contribution in [0.3, 0.4) is 0 Å². The molecule has 10 nitrogen and oxygen atoms in total. The first-order chi connectivity index (χ1) is 17.2. The number of hydrogen-bond acceptors (Lipinski definition) is 7. The monoisotopic (exact) mass is 511 g/mol. The molecule has 0 aliphatic rings. The summed E-state index contributed by atoms with van der Waals surface area (Å²) in [6, 6.07) is 15.6. The number of ether oxygens (including phenoxy) is 1. The molecule has 3 aromatic rings. The Balaban J connectivity index is 1.83. The molecule has 36 heavy (non-hydrogen) atoms. The number of sulfonamides is 1. The Kier molecular flexibility index (Phi) is 8.51. The van der Waals surface area contributed by atoms with Crippen LogP contribution in [0.2, 0.25) is 0 Å². The molecule has 0 spiro atoms. The number of hydrogen-bond donors (Lipinski definition) is 2. The van der Waals surface area contributed by atoms with Gasteiger partial charge in [0.25, 0.3) is 5.69 Å². The highest BCUT2D eigenvalue weighted by Gasteiger charge is 2.32. The molecule has 0 saturated heterocycles. The van der Waals surface area contributed by atoms with Crippen LogP contribution < -0.4 is 10.0 Å². The van der Waals surface area contributed by atoms with E-state index in [-0.39, 0.29) is 12.8 Å². The summed E-state index contributed by atoms with van der Waals surface area (Å²) in [6.07, 6.45) is 1.29. The van der Waals surface area contributed by atoms with E-state index in [0.717, 1.165) is 28.5 Å². The van der Waals surface area contributed by atoms with Crippen molar-refractivity contribution in [1.82, 2.24) is 10.0 Å². The lowest BCUT2D eigenvalue weighted by atomic mass is 10.0. The number of carbonyl (C=O) groups is 2. The van der Waals surface area contributed by atoms with Gasteiger partial charge in [0.1, 0.15) is 12.1 Å². The Bertz CT molecular complexity index is 1410. The summed E-state index contributed by atoms with van der Waals surface area (Å²) < 4.78 is 32.9. The van der Waals surface area contributed by atoms with Crippen molar-refractivity contribution in [1.29, 1.82) is 0 Å². The van der Waals surface area contributed by atoms with Gasteiger partial charge in [-0.05, 0) is 28.8 Å². The van der Waals surface area contributed by atoms with Crippen LogP contribution in [0.4, 0.5) is 5.69 Å². The van der Waals surface area contributed by atoms with Crippen LogP contribution in [0.5, 0.6) is 0 Å². The van der Waals surface area contributed by atoms with Gasteiger partial charge in [-0.25, -0.2) is 13.2 Å². The van der Waals surface area contributed by atoms with E-state index < -0.39 is 49.5 Å². The molecule has 0 saturated carbocycles. The second-order valence-corrected chi connectivity index (χ2v) is 9.58. The van der Waals surface area contributed by atoms with Crippen LogP contribution in [-0.4, -0.2) is 44.4 Å². The van der Waals surface area contributed by atoms with Gasteiger partial charge in [0.2, 0.25) is 15.9 Å². The summed E-state index contributed by atoms with van der Waals surface area (Å²) in [6.45, 7) is 3.54. The van der Waals surface area contributed by atoms with Crippen LogP contribution in [0, 0.1) is 10.1 Å². The molecule has 0 heterocycles. The molecule has 2 N–H and O–H groups in total. The van der Waals surface area contributed by atoms with Crippen molar-refractivity contribution in [2.45, 2.75) is 29.8 Å². The Labute approximate surface area is 208 Å². The van der Waals surface area contributed by atoms with Gasteiger partial charge in [0.15, 0.2) is 4.90 Å². The zero-order valence-corrected chi connectivity index (χ0v) is 20.2. The van der Waals surface area contributed by atoms with Crippen LogP contribution in [-0.2, 0) is 30.8 Å². The summed E-state index contributed by atoms with van der Waals surface area (Å²) in [5.74, 6) is -1.52. The molecule has 0 aromatic heterocycles. The Morgan fingerprint density at radius 3 is 2.39 bits per heavy atom. The van der Waals surface area contributed by atoms with E-state index in [1.54, 1.807) is 0 Å². The molecule has 0 aliphatic heterocycles. The fraction of sp³-hybridized carbons (Fsp3) is 0.200. The third kappa shape index (κ3) is 6.32. The standard InChI is InChI=1S/C25H25N3O7S/c1-3-8-20(27-36(33,34)23-12-7-6-11-22(23)28(31)32)24(29)26-21(25(30)35-2)16-17-13-14-18-9-4-5-10-19(18)15-17/h3-7,9-15,20-21,27H,1,8,16H2,2H3,(H,26,29)/t20?,21-/m0/s1. The van der Waals surface area contributed by atoms with Gasteiger partial charge in [-0.2, -0.15) is 4.72 Å². The topological polar surface area (TPSA) is 145 Å². The van der Waals surface area contributed by atoms with Gasteiger partial charge in [-0.1, -0.05) is 60.7 Å². The van der Waals surface area contributed by atoms with Gasteiger partial charge in [-0.3, -0.25) is 14.9 Å². The highest BCUT2D eigenvalue weighted by molar-refractivity contribution is 7.89. The first kappa shape index (κ1) is 26.5. The lowest BCUT2D eigenvalue weighted by Gasteiger charge is -2.22. The second-order valence-electron chi connectivity index (χ2n) is 7.89. The Morgan fingerprint density at radius 1 is 1.06 bits per heavy atom. The molecule has 0 bridgehead atoms. The average Bonchev–Trinajstić information content (AvgIpc) is 2.87. The van der Waals surface area contributed by atoms with E-state index in [4.69, 9.17) is 4.74 Å². The number of nitro groups is 1. The fourth-order valence-corrected chi connectivity index (χ4v) is 5.05. The second kappa shape index (κ2) is 11.6. The molecular formula is C25H25N3O7S. The van der Waals surface area contributed by atoms with Crippen molar-refractivity contribution in [3.05, 3.63) is 95.1 Å². The lowest BCUT2D eigenvalue weighted by molar-refractivity contribution is -0.387. The molecule has 11 heteroatoms. The number of para-hydroxylation sites is 1. The molecule has 188 valence electrons. The first-order valence-electron chi connectivity index (χ1n) is 10.9. The van der Waals surface area contributed by atoms with Gasteiger partial charge in [0.05, 0.1) is 12.0 Å². The van der Waals surface area contributed by atoms with Crippen molar-refractivity contribution in [2.24, 2.45) is 0 Å². The van der Waals surface area contributed by atoms with Crippen molar-refractivity contribution in [3.63, 3.8) is 0 Å². The Morgan fingerprint density at radius 2 is 1.72 bits per heavy atom. The maximum atomic E-state index is 13.1. The van der Waals surface area contributed by atoms with Gasteiger partial charge in [0, 0.05) is 12.5 Å².